The molecule has 152 valence electrons. The van der Waals surface area contributed by atoms with Gasteiger partial charge in [0.2, 0.25) is 5.91 Å². The van der Waals surface area contributed by atoms with Crippen LogP contribution in [0.4, 0.5) is 0 Å². The maximum Gasteiger partial charge on any atom is 0.255 e. The minimum absolute atomic E-state index is 0.00793. The molecule has 0 aliphatic carbocycles. The number of hydrogen-bond donors (Lipinski definition) is 1. The Morgan fingerprint density at radius 1 is 1.07 bits per heavy atom. The van der Waals surface area contributed by atoms with Gasteiger partial charge < -0.3 is 15.5 Å². The molecule has 2 aromatic rings. The van der Waals surface area contributed by atoms with E-state index in [0.717, 1.165) is 50.9 Å². The number of piperidine rings is 1. The highest BCUT2D eigenvalue weighted by Gasteiger charge is 2.41. The Hall–Kier alpha value is -2.66. The van der Waals surface area contributed by atoms with Crippen molar-refractivity contribution in [2.45, 2.75) is 44.7 Å². The van der Waals surface area contributed by atoms with Crippen LogP contribution in [0.1, 0.15) is 64.1 Å². The standard InChI is InChI=1S/C24H29N3O2/c1-17-20-10-5-11-21(23(25)28)22(20)24(29)27(17)19-12-15-26(16-13-19)14-6-9-18-7-3-2-4-8-18/h2-5,7-8,10-11,17,19H,6,9,12-16H2,1H3,(H2,25,28). The third-order valence-electron chi connectivity index (χ3n) is 6.41. The summed E-state index contributed by atoms with van der Waals surface area (Å²) in [6.07, 6.45) is 4.21. The molecule has 4 rings (SSSR count). The molecule has 0 spiro atoms. The molecule has 5 nitrogen and oxygen atoms in total. The van der Waals surface area contributed by atoms with E-state index in [-0.39, 0.29) is 18.0 Å². The molecule has 2 aliphatic rings. The van der Waals surface area contributed by atoms with Gasteiger partial charge in [-0.25, -0.2) is 0 Å². The molecule has 2 heterocycles. The second-order valence-corrected chi connectivity index (χ2v) is 8.18. The lowest BCUT2D eigenvalue weighted by molar-refractivity contribution is 0.0517. The molecule has 5 heteroatoms. The van der Waals surface area contributed by atoms with E-state index in [0.29, 0.717) is 11.1 Å². The van der Waals surface area contributed by atoms with Crippen LogP contribution in [0.3, 0.4) is 0 Å². The summed E-state index contributed by atoms with van der Waals surface area (Å²) in [6.45, 7) is 5.17. The number of carbonyl (C=O) groups is 2. The van der Waals surface area contributed by atoms with E-state index in [4.69, 9.17) is 5.73 Å². The molecule has 0 bridgehead atoms. The molecule has 2 aliphatic heterocycles. The number of hydrogen-bond acceptors (Lipinski definition) is 3. The van der Waals surface area contributed by atoms with Gasteiger partial charge in [-0.1, -0.05) is 42.5 Å². The lowest BCUT2D eigenvalue weighted by Crippen LogP contribution is -2.46. The lowest BCUT2D eigenvalue weighted by Gasteiger charge is -2.38. The number of carbonyl (C=O) groups excluding carboxylic acids is 2. The first-order chi connectivity index (χ1) is 14.1. The number of amides is 2. The molecule has 1 unspecified atom stereocenters. The number of nitrogens with zero attached hydrogens (tertiary/aromatic N) is 2. The van der Waals surface area contributed by atoms with Gasteiger partial charge in [-0.05, 0) is 56.3 Å². The van der Waals surface area contributed by atoms with Gasteiger partial charge in [-0.3, -0.25) is 9.59 Å². The van der Waals surface area contributed by atoms with E-state index in [2.05, 4.69) is 42.2 Å². The molecule has 2 aromatic carbocycles. The van der Waals surface area contributed by atoms with E-state index >= 15 is 0 Å². The van der Waals surface area contributed by atoms with Gasteiger partial charge in [0.15, 0.2) is 0 Å². The predicted molar refractivity (Wildman–Crippen MR) is 114 cm³/mol. The normalized spacial score (nSPS) is 20.1. The van der Waals surface area contributed by atoms with Crippen LogP contribution >= 0.6 is 0 Å². The highest BCUT2D eigenvalue weighted by Crippen LogP contribution is 2.38. The molecule has 1 atom stereocenters. The zero-order valence-corrected chi connectivity index (χ0v) is 17.0. The number of nitrogens with two attached hydrogens (primary N) is 1. The van der Waals surface area contributed by atoms with Crippen molar-refractivity contribution in [1.29, 1.82) is 0 Å². The third kappa shape index (κ3) is 3.92. The molecule has 1 saturated heterocycles. The number of benzene rings is 2. The quantitative estimate of drug-likeness (QED) is 0.821. The van der Waals surface area contributed by atoms with Gasteiger partial charge in [0.1, 0.15) is 0 Å². The highest BCUT2D eigenvalue weighted by molar-refractivity contribution is 6.09. The van der Waals surface area contributed by atoms with Gasteiger partial charge >= 0.3 is 0 Å². The summed E-state index contributed by atoms with van der Waals surface area (Å²) < 4.78 is 0. The number of fused-ring (bicyclic) bond motifs is 1. The van der Waals surface area contributed by atoms with E-state index in [9.17, 15) is 9.59 Å². The first kappa shape index (κ1) is 19.6. The third-order valence-corrected chi connectivity index (χ3v) is 6.41. The molecular formula is C24H29N3O2. The van der Waals surface area contributed by atoms with Gasteiger partial charge in [0.25, 0.3) is 5.91 Å². The van der Waals surface area contributed by atoms with Crippen LogP contribution in [-0.4, -0.2) is 47.3 Å². The van der Waals surface area contributed by atoms with Crippen molar-refractivity contribution in [2.75, 3.05) is 19.6 Å². The van der Waals surface area contributed by atoms with Gasteiger partial charge in [0.05, 0.1) is 17.2 Å². The van der Waals surface area contributed by atoms with Crippen LogP contribution in [0.25, 0.3) is 0 Å². The van der Waals surface area contributed by atoms with E-state index in [1.807, 2.05) is 17.0 Å². The summed E-state index contributed by atoms with van der Waals surface area (Å²) in [5.74, 6) is -0.568. The molecule has 2 N–H and O–H groups in total. The Morgan fingerprint density at radius 2 is 1.79 bits per heavy atom. The van der Waals surface area contributed by atoms with Gasteiger partial charge in [0, 0.05) is 19.1 Å². The molecule has 2 amide bonds. The zero-order valence-electron chi connectivity index (χ0n) is 17.0. The first-order valence-corrected chi connectivity index (χ1v) is 10.6. The van der Waals surface area contributed by atoms with E-state index < -0.39 is 5.91 Å². The van der Waals surface area contributed by atoms with Crippen molar-refractivity contribution in [2.24, 2.45) is 5.73 Å². The van der Waals surface area contributed by atoms with Crippen LogP contribution in [0, 0.1) is 0 Å². The van der Waals surface area contributed by atoms with Gasteiger partial charge in [-0.2, -0.15) is 0 Å². The van der Waals surface area contributed by atoms with Crippen molar-refractivity contribution in [3.8, 4) is 0 Å². The van der Waals surface area contributed by atoms with Gasteiger partial charge in [-0.15, -0.1) is 0 Å². The molecular weight excluding hydrogens is 362 g/mol. The predicted octanol–water partition coefficient (Wildman–Crippen LogP) is 3.40. The summed E-state index contributed by atoms with van der Waals surface area (Å²) in [5.41, 5.74) is 8.69. The zero-order chi connectivity index (χ0) is 20.4. The van der Waals surface area contributed by atoms with Crippen molar-refractivity contribution in [3.05, 3.63) is 70.8 Å². The average Bonchev–Trinajstić information content (AvgIpc) is 3.00. The number of primary amides is 1. The van der Waals surface area contributed by atoms with Crippen molar-refractivity contribution < 1.29 is 9.59 Å². The SMILES string of the molecule is CC1c2cccc(C(N)=O)c2C(=O)N1C1CCN(CCCc2ccccc2)CC1. The second kappa shape index (κ2) is 8.37. The summed E-state index contributed by atoms with van der Waals surface area (Å²) in [6, 6.07) is 16.2. The first-order valence-electron chi connectivity index (χ1n) is 10.6. The minimum Gasteiger partial charge on any atom is -0.366 e. The van der Waals surface area contributed by atoms with Crippen LogP contribution in [0.2, 0.25) is 0 Å². The van der Waals surface area contributed by atoms with Crippen LogP contribution in [0.5, 0.6) is 0 Å². The summed E-state index contributed by atoms with van der Waals surface area (Å²) in [4.78, 5) is 29.4. The maximum absolute atomic E-state index is 13.1. The fourth-order valence-corrected chi connectivity index (χ4v) is 4.87. The fourth-order valence-electron chi connectivity index (χ4n) is 4.87. The van der Waals surface area contributed by atoms with Crippen LogP contribution < -0.4 is 5.73 Å². The summed E-state index contributed by atoms with van der Waals surface area (Å²) in [7, 11) is 0. The second-order valence-electron chi connectivity index (χ2n) is 8.18. The van der Waals surface area contributed by atoms with E-state index in [1.54, 1.807) is 6.07 Å². The number of likely N-dealkylation sites (tertiary alicyclic amines) is 1. The molecule has 0 saturated carbocycles. The van der Waals surface area contributed by atoms with Crippen molar-refractivity contribution in [1.82, 2.24) is 9.80 Å². The monoisotopic (exact) mass is 391 g/mol. The fraction of sp³-hybridized carbons (Fsp3) is 0.417. The van der Waals surface area contributed by atoms with E-state index in [1.165, 1.54) is 5.56 Å². The number of aryl methyl sites for hydroxylation is 1. The minimum atomic E-state index is -0.530. The number of rotatable bonds is 6. The highest BCUT2D eigenvalue weighted by atomic mass is 16.2. The van der Waals surface area contributed by atoms with Crippen molar-refractivity contribution in [3.63, 3.8) is 0 Å². The molecule has 1 fully saturated rings. The Bertz CT molecular complexity index is 888. The Kier molecular flexibility index (Phi) is 5.67. The molecule has 0 aromatic heterocycles. The van der Waals surface area contributed by atoms with Crippen LogP contribution in [0.15, 0.2) is 48.5 Å². The average molecular weight is 392 g/mol. The summed E-state index contributed by atoms with van der Waals surface area (Å²) in [5, 5.41) is 0. The largest absolute Gasteiger partial charge is 0.366 e. The summed E-state index contributed by atoms with van der Waals surface area (Å²) >= 11 is 0. The van der Waals surface area contributed by atoms with Crippen LogP contribution in [-0.2, 0) is 6.42 Å². The Balaban J connectivity index is 1.35. The Labute approximate surface area is 172 Å². The molecule has 29 heavy (non-hydrogen) atoms. The maximum atomic E-state index is 13.1. The molecule has 0 radical (unpaired) electrons. The lowest BCUT2D eigenvalue weighted by atomic mass is 9.99. The Morgan fingerprint density at radius 3 is 2.48 bits per heavy atom. The van der Waals surface area contributed by atoms with Crippen molar-refractivity contribution >= 4 is 11.8 Å². The smallest absolute Gasteiger partial charge is 0.255 e. The topological polar surface area (TPSA) is 66.6 Å².